The predicted octanol–water partition coefficient (Wildman–Crippen LogP) is 5.04. The maximum absolute atomic E-state index is 13.6. The topological polar surface area (TPSA) is 229 Å². The van der Waals surface area contributed by atoms with Crippen molar-refractivity contribution in [3.63, 3.8) is 0 Å². The number of anilines is 2. The van der Waals surface area contributed by atoms with Crippen LogP contribution in [0.5, 0.6) is 11.5 Å². The van der Waals surface area contributed by atoms with Crippen LogP contribution in [-0.4, -0.2) is 110 Å². The van der Waals surface area contributed by atoms with Crippen LogP contribution in [0.3, 0.4) is 0 Å². The largest absolute Gasteiger partial charge is 0.496 e. The normalized spacial score (nSPS) is 14.0. The zero-order chi connectivity index (χ0) is 45.8. The molecule has 16 nitrogen and oxygen atoms in total. The number of carbonyl (C=O) groups excluding carboxylic acids is 2. The van der Waals surface area contributed by atoms with Crippen LogP contribution in [0.25, 0.3) is 11.1 Å². The third kappa shape index (κ3) is 12.3. The smallest absolute Gasteiger partial charge is 0.488 e. The summed E-state index contributed by atoms with van der Waals surface area (Å²) in [6.45, 7) is 2.53. The zero-order valence-electron chi connectivity index (χ0n) is 35.0. The second-order valence-electron chi connectivity index (χ2n) is 14.8. The Bertz CT molecular complexity index is 2510. The maximum atomic E-state index is 13.6. The van der Waals surface area contributed by atoms with E-state index < -0.39 is 12.9 Å². The van der Waals surface area contributed by atoms with Gasteiger partial charge in [0.15, 0.2) is 0 Å². The third-order valence-corrected chi connectivity index (χ3v) is 11.3. The minimum Gasteiger partial charge on any atom is -0.496 e. The number of methoxy groups -OCH3 is 2. The van der Waals surface area contributed by atoms with E-state index in [1.54, 1.807) is 60.8 Å². The Kier molecular flexibility index (Phi) is 16.2. The second kappa shape index (κ2) is 22.1. The van der Waals surface area contributed by atoms with Crippen LogP contribution in [0.2, 0.25) is 0 Å². The fourth-order valence-electron chi connectivity index (χ4n) is 7.18. The summed E-state index contributed by atoms with van der Waals surface area (Å²) in [4.78, 5) is 37.7. The van der Waals surface area contributed by atoms with Gasteiger partial charge in [-0.25, -0.2) is 13.8 Å². The van der Waals surface area contributed by atoms with Gasteiger partial charge in [0, 0.05) is 68.1 Å². The highest BCUT2D eigenvalue weighted by Gasteiger charge is 2.28. The Morgan fingerprint density at radius 2 is 1.16 bits per heavy atom. The summed E-state index contributed by atoms with van der Waals surface area (Å²) in [7, 11) is 1.50. The molecule has 0 bridgehead atoms. The van der Waals surface area contributed by atoms with Gasteiger partial charge in [-0.15, -0.1) is 10.2 Å². The molecule has 2 aromatic carbocycles. The average Bonchev–Trinajstić information content (AvgIpc) is 3.32. The van der Waals surface area contributed by atoms with E-state index in [-0.39, 0.29) is 29.0 Å². The molecular formula is C44H46BBrF2N10O6. The number of carbonyl (C=O) groups is 2. The molecule has 4 aromatic heterocycles. The van der Waals surface area contributed by atoms with Crippen LogP contribution in [0.4, 0.5) is 20.4 Å². The van der Waals surface area contributed by atoms with E-state index >= 15 is 0 Å². The molecule has 20 heteroatoms. The molecule has 2 amide bonds. The molecule has 6 heterocycles. The number of nitrogens with zero attached hydrogens (tertiary/aromatic N) is 8. The first kappa shape index (κ1) is 46.9. The van der Waals surface area contributed by atoms with Crippen molar-refractivity contribution in [1.82, 2.24) is 40.2 Å². The van der Waals surface area contributed by atoms with E-state index in [1.165, 1.54) is 37.4 Å². The predicted molar refractivity (Wildman–Crippen MR) is 240 cm³/mol. The van der Waals surface area contributed by atoms with Crippen molar-refractivity contribution in [1.29, 1.82) is 0 Å². The summed E-state index contributed by atoms with van der Waals surface area (Å²) in [5.74, 6) is 1.40. The van der Waals surface area contributed by atoms with Crippen molar-refractivity contribution in [2.24, 2.45) is 0 Å². The monoisotopic (exact) mass is 938 g/mol. The Hall–Kier alpha value is -6.64. The molecule has 6 N–H and O–H groups in total. The van der Waals surface area contributed by atoms with Crippen molar-refractivity contribution >= 4 is 52.0 Å². The lowest BCUT2D eigenvalue weighted by molar-refractivity contribution is 0.0698. The molecule has 0 radical (unpaired) electrons. The van der Waals surface area contributed by atoms with Gasteiger partial charge in [0.2, 0.25) is 0 Å². The van der Waals surface area contributed by atoms with Crippen LogP contribution in [0.1, 0.15) is 69.9 Å². The first-order valence-electron chi connectivity index (χ1n) is 20.2. The Labute approximate surface area is 377 Å². The standard InChI is InChI=1S/C22H22FN5O2.C16H18BrN5O2.C6H6BFO2/c1-30-20-12-19(25-13-17(20)15-3-2-4-16(23)11-15)22(29)28-9-7-14(8-10-28)18-5-6-21(24)27-26-18;1-24-14-8-13(19-9-11(14)17)16(23)22-6-4-10(5-7-22)12-2-3-15(18)21-20-12;8-6-3-1-2-5(4-6)7(9)10/h2-6,11-14H,7-10H2,1H3,(H2,24,27);2-3,8-10H,4-7H2,1H3,(H2,18,21);1-4,9-10H. The quantitative estimate of drug-likeness (QED) is 0.147. The number of halogens is 3. The van der Waals surface area contributed by atoms with E-state index in [4.69, 9.17) is 31.0 Å². The lowest BCUT2D eigenvalue weighted by Crippen LogP contribution is -2.38. The molecule has 0 unspecified atom stereocenters. The Balaban J connectivity index is 0.000000178. The minimum absolute atomic E-state index is 0.0809. The first-order valence-corrected chi connectivity index (χ1v) is 21.0. The molecule has 6 aromatic rings. The van der Waals surface area contributed by atoms with Gasteiger partial charge >= 0.3 is 7.12 Å². The number of amides is 2. The fraction of sp³-hybridized carbons (Fsp3) is 0.273. The molecule has 0 spiro atoms. The molecule has 2 aliphatic rings. The number of pyridine rings is 2. The molecule has 64 heavy (non-hydrogen) atoms. The molecule has 0 aliphatic carbocycles. The van der Waals surface area contributed by atoms with Crippen molar-refractivity contribution in [2.45, 2.75) is 37.5 Å². The number of piperidine rings is 2. The van der Waals surface area contributed by atoms with Gasteiger partial charge in [-0.1, -0.05) is 24.3 Å². The van der Waals surface area contributed by atoms with Crippen LogP contribution < -0.4 is 26.4 Å². The summed E-state index contributed by atoms with van der Waals surface area (Å²) < 4.78 is 37.3. The number of likely N-dealkylation sites (tertiary alicyclic amines) is 2. The molecule has 2 fully saturated rings. The van der Waals surface area contributed by atoms with Gasteiger partial charge < -0.3 is 40.8 Å². The fourth-order valence-corrected chi connectivity index (χ4v) is 7.56. The second-order valence-corrected chi connectivity index (χ2v) is 15.7. The third-order valence-electron chi connectivity index (χ3n) is 10.7. The number of aromatic nitrogens is 6. The molecule has 0 saturated carbocycles. The Morgan fingerprint density at radius 3 is 1.59 bits per heavy atom. The molecular weight excluding hydrogens is 893 g/mol. The van der Waals surface area contributed by atoms with Gasteiger partial charge in [-0.05, 0) is 101 Å². The lowest BCUT2D eigenvalue weighted by Gasteiger charge is -2.31. The van der Waals surface area contributed by atoms with Gasteiger partial charge in [0.05, 0.1) is 30.1 Å². The minimum atomic E-state index is -1.59. The van der Waals surface area contributed by atoms with Crippen molar-refractivity contribution in [3.05, 3.63) is 136 Å². The molecule has 2 aliphatic heterocycles. The number of hydrogen-bond acceptors (Lipinski definition) is 14. The van der Waals surface area contributed by atoms with Gasteiger partial charge in [-0.2, -0.15) is 10.2 Å². The molecule has 332 valence electrons. The summed E-state index contributed by atoms with van der Waals surface area (Å²) in [6.07, 6.45) is 6.42. The van der Waals surface area contributed by atoms with E-state index in [9.17, 15) is 18.4 Å². The van der Waals surface area contributed by atoms with E-state index in [0.29, 0.717) is 77.7 Å². The molecule has 0 atom stereocenters. The highest BCUT2D eigenvalue weighted by atomic mass is 79.9. The number of nitrogen functional groups attached to an aromatic ring is 2. The summed E-state index contributed by atoms with van der Waals surface area (Å²) >= 11 is 3.34. The van der Waals surface area contributed by atoms with Crippen LogP contribution in [0.15, 0.2) is 102 Å². The van der Waals surface area contributed by atoms with Crippen molar-refractivity contribution in [2.75, 3.05) is 51.9 Å². The van der Waals surface area contributed by atoms with Crippen LogP contribution >= 0.6 is 15.9 Å². The zero-order valence-corrected chi connectivity index (χ0v) is 36.6. The lowest BCUT2D eigenvalue weighted by atomic mass is 9.80. The van der Waals surface area contributed by atoms with E-state index in [1.807, 2.05) is 17.0 Å². The molecule has 8 rings (SSSR count). The number of hydrogen-bond donors (Lipinski definition) is 4. The maximum Gasteiger partial charge on any atom is 0.488 e. The van der Waals surface area contributed by atoms with Crippen LogP contribution in [-0.2, 0) is 0 Å². The number of benzene rings is 2. The number of ether oxygens (including phenoxy) is 2. The first-order chi connectivity index (χ1) is 30.8. The Morgan fingerprint density at radius 1 is 0.672 bits per heavy atom. The van der Waals surface area contributed by atoms with Crippen LogP contribution in [0, 0.1) is 11.6 Å². The number of nitrogens with two attached hydrogens (primary N) is 2. The average molecular weight is 940 g/mol. The highest BCUT2D eigenvalue weighted by molar-refractivity contribution is 9.10. The van der Waals surface area contributed by atoms with E-state index in [2.05, 4.69) is 46.3 Å². The van der Waals surface area contributed by atoms with Gasteiger partial charge in [0.1, 0.15) is 46.2 Å². The summed E-state index contributed by atoms with van der Waals surface area (Å²) in [5.41, 5.74) is 15.1. The highest BCUT2D eigenvalue weighted by Crippen LogP contribution is 2.32. The van der Waals surface area contributed by atoms with Crippen molar-refractivity contribution < 1.29 is 37.9 Å². The summed E-state index contributed by atoms with van der Waals surface area (Å²) in [6, 6.07) is 21.9. The van der Waals surface area contributed by atoms with Crippen molar-refractivity contribution in [3.8, 4) is 22.6 Å². The molecule has 2 saturated heterocycles. The van der Waals surface area contributed by atoms with Gasteiger partial charge in [0.25, 0.3) is 11.8 Å². The SMILES string of the molecule is COc1cc(C(=O)N2CCC(c3ccc(N)nn3)CC2)ncc1-c1cccc(F)c1.COc1cc(C(=O)N2CCC(c3ccc(N)nn3)CC2)ncc1Br.OB(O)c1cccc(F)c1. The van der Waals surface area contributed by atoms with E-state index in [0.717, 1.165) is 47.6 Å². The van der Waals surface area contributed by atoms with Gasteiger partial charge in [-0.3, -0.25) is 14.6 Å². The number of rotatable bonds is 8. The summed E-state index contributed by atoms with van der Waals surface area (Å²) in [5, 5.41) is 33.2.